The Morgan fingerprint density at radius 1 is 0.286 bits per heavy atom. The van der Waals surface area contributed by atoms with Crippen LogP contribution in [0.1, 0.15) is 142 Å². The van der Waals surface area contributed by atoms with Gasteiger partial charge in [0.05, 0.1) is 13.2 Å². The van der Waals surface area contributed by atoms with E-state index in [-0.39, 0.29) is 0 Å². The van der Waals surface area contributed by atoms with Crippen LogP contribution in [-0.2, 0) is 9.47 Å². The van der Waals surface area contributed by atoms with Gasteiger partial charge in [-0.2, -0.15) is 0 Å². The third-order valence-electron chi connectivity index (χ3n) is 5.66. The van der Waals surface area contributed by atoms with Crippen LogP contribution < -0.4 is 0 Å². The average Bonchev–Trinajstić information content (AvgIpc) is 2.71. The normalized spacial score (nSPS) is 11.4. The molecule has 0 aliphatic rings. The highest BCUT2D eigenvalue weighted by molar-refractivity contribution is 4.49. The van der Waals surface area contributed by atoms with Gasteiger partial charge in [-0.05, 0) is 12.8 Å². The molecule has 0 aliphatic carbocycles. The Kier molecular flexibility index (Phi) is 26.8. The standard InChI is InChI=1S/C26H54O2/c1-3-5-7-9-11-12-13-14-15-16-17-18-20-22-24-28-26-25-27-23-21-19-10-8-6-4-2/h3-26H2,1-2H3. The Labute approximate surface area is 178 Å². The van der Waals surface area contributed by atoms with Gasteiger partial charge in [0.25, 0.3) is 0 Å². The van der Waals surface area contributed by atoms with Crippen molar-refractivity contribution in [2.45, 2.75) is 142 Å². The van der Waals surface area contributed by atoms with E-state index in [9.17, 15) is 0 Å². The van der Waals surface area contributed by atoms with Crippen molar-refractivity contribution in [3.63, 3.8) is 0 Å². The first-order valence-electron chi connectivity index (χ1n) is 13.1. The molecule has 2 nitrogen and oxygen atoms in total. The molecule has 0 saturated heterocycles. The van der Waals surface area contributed by atoms with Gasteiger partial charge < -0.3 is 9.47 Å². The van der Waals surface area contributed by atoms with E-state index in [0.29, 0.717) is 0 Å². The van der Waals surface area contributed by atoms with Gasteiger partial charge in [0.1, 0.15) is 0 Å². The second-order valence-corrected chi connectivity index (χ2v) is 8.59. The summed E-state index contributed by atoms with van der Waals surface area (Å²) in [5.41, 5.74) is 0. The number of hydrogen-bond acceptors (Lipinski definition) is 2. The van der Waals surface area contributed by atoms with E-state index in [1.54, 1.807) is 0 Å². The van der Waals surface area contributed by atoms with E-state index < -0.39 is 0 Å². The highest BCUT2D eigenvalue weighted by atomic mass is 16.5. The predicted molar refractivity (Wildman–Crippen MR) is 125 cm³/mol. The van der Waals surface area contributed by atoms with Crippen molar-refractivity contribution in [1.82, 2.24) is 0 Å². The monoisotopic (exact) mass is 398 g/mol. The molecule has 0 saturated carbocycles. The van der Waals surface area contributed by atoms with E-state index in [2.05, 4.69) is 13.8 Å². The highest BCUT2D eigenvalue weighted by Gasteiger charge is 1.95. The molecule has 28 heavy (non-hydrogen) atoms. The molecule has 0 radical (unpaired) electrons. The fraction of sp³-hybridized carbons (Fsp3) is 1.00. The molecule has 0 bridgehead atoms. The molecule has 170 valence electrons. The highest BCUT2D eigenvalue weighted by Crippen LogP contribution is 2.13. The number of hydrogen-bond donors (Lipinski definition) is 0. The quantitative estimate of drug-likeness (QED) is 0.143. The van der Waals surface area contributed by atoms with E-state index in [1.807, 2.05) is 0 Å². The molecule has 0 atom stereocenters. The van der Waals surface area contributed by atoms with Gasteiger partial charge in [0.2, 0.25) is 0 Å². The van der Waals surface area contributed by atoms with E-state index in [4.69, 9.17) is 9.47 Å². The van der Waals surface area contributed by atoms with Gasteiger partial charge in [-0.3, -0.25) is 0 Å². The lowest BCUT2D eigenvalue weighted by Gasteiger charge is -2.06. The molecule has 0 rings (SSSR count). The summed E-state index contributed by atoms with van der Waals surface area (Å²) in [7, 11) is 0. The largest absolute Gasteiger partial charge is 0.379 e. The minimum Gasteiger partial charge on any atom is -0.379 e. The Hall–Kier alpha value is -0.0800. The van der Waals surface area contributed by atoms with Crippen molar-refractivity contribution in [2.75, 3.05) is 26.4 Å². The summed E-state index contributed by atoms with van der Waals surface area (Å²) in [6.45, 7) is 7.93. The molecule has 0 heterocycles. The Balaban J connectivity index is 2.96. The molecule has 0 aliphatic heterocycles. The molecule has 0 N–H and O–H groups in total. The predicted octanol–water partition coefficient (Wildman–Crippen LogP) is 8.86. The maximum atomic E-state index is 5.68. The Bertz CT molecular complexity index is 229. The summed E-state index contributed by atoms with van der Waals surface area (Å²) in [6, 6.07) is 0. The smallest absolute Gasteiger partial charge is 0.0700 e. The summed E-state index contributed by atoms with van der Waals surface area (Å²) in [5.74, 6) is 0. The molecule has 2 heteroatoms. The first kappa shape index (κ1) is 27.9. The van der Waals surface area contributed by atoms with Crippen LogP contribution in [0, 0.1) is 0 Å². The van der Waals surface area contributed by atoms with Crippen molar-refractivity contribution in [3.8, 4) is 0 Å². The zero-order valence-electron chi connectivity index (χ0n) is 19.8. The zero-order chi connectivity index (χ0) is 20.4. The van der Waals surface area contributed by atoms with Gasteiger partial charge in [-0.25, -0.2) is 0 Å². The van der Waals surface area contributed by atoms with E-state index >= 15 is 0 Å². The fourth-order valence-corrected chi connectivity index (χ4v) is 3.71. The van der Waals surface area contributed by atoms with Crippen LogP contribution in [0.2, 0.25) is 0 Å². The van der Waals surface area contributed by atoms with Crippen LogP contribution in [0.4, 0.5) is 0 Å². The topological polar surface area (TPSA) is 18.5 Å². The van der Waals surface area contributed by atoms with E-state index in [1.165, 1.54) is 128 Å². The van der Waals surface area contributed by atoms with Crippen molar-refractivity contribution in [2.24, 2.45) is 0 Å². The number of ether oxygens (including phenoxy) is 2. The summed E-state index contributed by atoms with van der Waals surface area (Å²) in [6.07, 6.45) is 27.8. The van der Waals surface area contributed by atoms with Gasteiger partial charge in [-0.1, -0.05) is 129 Å². The maximum absolute atomic E-state index is 5.68. The van der Waals surface area contributed by atoms with Crippen LogP contribution in [-0.4, -0.2) is 26.4 Å². The van der Waals surface area contributed by atoms with Crippen molar-refractivity contribution in [3.05, 3.63) is 0 Å². The summed E-state index contributed by atoms with van der Waals surface area (Å²) >= 11 is 0. The first-order chi connectivity index (χ1) is 13.9. The van der Waals surface area contributed by atoms with Crippen molar-refractivity contribution >= 4 is 0 Å². The maximum Gasteiger partial charge on any atom is 0.0700 e. The lowest BCUT2D eigenvalue weighted by Crippen LogP contribution is -2.06. The van der Waals surface area contributed by atoms with Gasteiger partial charge in [0.15, 0.2) is 0 Å². The van der Waals surface area contributed by atoms with Crippen LogP contribution in [0.25, 0.3) is 0 Å². The number of unbranched alkanes of at least 4 members (excludes halogenated alkanes) is 18. The van der Waals surface area contributed by atoms with Crippen molar-refractivity contribution in [1.29, 1.82) is 0 Å². The van der Waals surface area contributed by atoms with Crippen LogP contribution >= 0.6 is 0 Å². The third-order valence-corrected chi connectivity index (χ3v) is 5.66. The summed E-state index contributed by atoms with van der Waals surface area (Å²) in [4.78, 5) is 0. The lowest BCUT2D eigenvalue weighted by molar-refractivity contribution is 0.0448. The summed E-state index contributed by atoms with van der Waals surface area (Å²) in [5, 5.41) is 0. The second kappa shape index (κ2) is 26.9. The SMILES string of the molecule is CCCCCCCCCCCCCCCCOCCOCCCCCCCC. The molecule has 0 unspecified atom stereocenters. The number of rotatable bonds is 25. The average molecular weight is 399 g/mol. The zero-order valence-corrected chi connectivity index (χ0v) is 19.8. The molecule has 0 aromatic rings. The molecule has 0 fully saturated rings. The van der Waals surface area contributed by atoms with Gasteiger partial charge >= 0.3 is 0 Å². The first-order valence-corrected chi connectivity index (χ1v) is 13.1. The molecule has 0 aromatic carbocycles. The minimum absolute atomic E-state index is 0.771. The fourth-order valence-electron chi connectivity index (χ4n) is 3.71. The van der Waals surface area contributed by atoms with E-state index in [0.717, 1.165) is 26.4 Å². The van der Waals surface area contributed by atoms with Crippen LogP contribution in [0.15, 0.2) is 0 Å². The second-order valence-electron chi connectivity index (χ2n) is 8.59. The Morgan fingerprint density at radius 3 is 0.821 bits per heavy atom. The van der Waals surface area contributed by atoms with Crippen LogP contribution in [0.5, 0.6) is 0 Å². The minimum atomic E-state index is 0.771. The van der Waals surface area contributed by atoms with Gasteiger partial charge in [0, 0.05) is 13.2 Å². The molecule has 0 spiro atoms. The molecular weight excluding hydrogens is 344 g/mol. The third kappa shape index (κ3) is 25.9. The lowest BCUT2D eigenvalue weighted by atomic mass is 10.0. The summed E-state index contributed by atoms with van der Waals surface area (Å²) < 4.78 is 11.3. The molecular formula is C26H54O2. The van der Waals surface area contributed by atoms with Gasteiger partial charge in [-0.15, -0.1) is 0 Å². The van der Waals surface area contributed by atoms with Crippen LogP contribution in [0.3, 0.4) is 0 Å². The van der Waals surface area contributed by atoms with Crippen molar-refractivity contribution < 1.29 is 9.47 Å². The molecule has 0 amide bonds. The Morgan fingerprint density at radius 2 is 0.536 bits per heavy atom. The molecule has 0 aromatic heterocycles.